The molecule has 1 aliphatic heterocycles. The number of aromatic hydroxyl groups is 1. The number of sulfonamides is 1. The Kier molecular flexibility index (Phi) is 5.92. The van der Waals surface area contributed by atoms with Gasteiger partial charge < -0.3 is 14.6 Å². The molecule has 28 heavy (non-hydrogen) atoms. The Morgan fingerprint density at radius 1 is 1.14 bits per heavy atom. The molecule has 8 nitrogen and oxygen atoms in total. The molecule has 0 spiro atoms. The van der Waals surface area contributed by atoms with E-state index in [2.05, 4.69) is 15.9 Å². The molecule has 1 aromatic carbocycles. The van der Waals surface area contributed by atoms with Crippen LogP contribution in [0.2, 0.25) is 0 Å². The number of hydrogen-bond acceptors (Lipinski definition) is 5. The zero-order valence-electron chi connectivity index (χ0n) is 15.2. The average Bonchev–Trinajstić information content (AvgIpc) is 2.66. The maximum absolute atomic E-state index is 12.8. The fourth-order valence-electron chi connectivity index (χ4n) is 3.02. The number of benzene rings is 1. The molecule has 3 rings (SSSR count). The van der Waals surface area contributed by atoms with Crippen LogP contribution in [-0.2, 0) is 21.4 Å². The molecule has 0 radical (unpaired) electrons. The molecule has 0 bridgehead atoms. The van der Waals surface area contributed by atoms with E-state index in [1.54, 1.807) is 25.3 Å². The molecule has 1 saturated heterocycles. The van der Waals surface area contributed by atoms with Gasteiger partial charge in [-0.3, -0.25) is 9.59 Å². The Labute approximate surface area is 171 Å². The highest BCUT2D eigenvalue weighted by molar-refractivity contribution is 9.10. The standard InChI is InChI=1S/C18H20BrN3O5S/c1-13-2-4-15(23)16(10-13)28(26,27)22-8-6-20(7-9-22)18(25)12-21-11-14(19)3-5-17(21)24/h2-5,10-11,23H,6-9,12H2,1H3. The largest absolute Gasteiger partial charge is 0.507 e. The lowest BCUT2D eigenvalue weighted by molar-refractivity contribution is -0.133. The second kappa shape index (κ2) is 8.06. The van der Waals surface area contributed by atoms with Crippen LogP contribution in [0.25, 0.3) is 0 Å². The quantitative estimate of drug-likeness (QED) is 0.723. The molecule has 150 valence electrons. The van der Waals surface area contributed by atoms with Crippen molar-refractivity contribution in [2.75, 3.05) is 26.2 Å². The smallest absolute Gasteiger partial charge is 0.251 e. The number of phenols is 1. The summed E-state index contributed by atoms with van der Waals surface area (Å²) in [5.74, 6) is -0.547. The number of nitrogens with zero attached hydrogens (tertiary/aromatic N) is 3. The topological polar surface area (TPSA) is 99.9 Å². The molecule has 1 fully saturated rings. The summed E-state index contributed by atoms with van der Waals surface area (Å²) in [4.78, 5) is 25.8. The molecule has 1 aromatic heterocycles. The van der Waals surface area contributed by atoms with E-state index >= 15 is 0 Å². The maximum Gasteiger partial charge on any atom is 0.251 e. The molecular formula is C18H20BrN3O5S. The Hall–Kier alpha value is -2.17. The predicted octanol–water partition coefficient (Wildman–Crippen LogP) is 1.16. The summed E-state index contributed by atoms with van der Waals surface area (Å²) in [7, 11) is -3.85. The van der Waals surface area contributed by atoms with Gasteiger partial charge in [0.05, 0.1) is 0 Å². The average molecular weight is 470 g/mol. The number of aromatic nitrogens is 1. The first-order chi connectivity index (χ1) is 13.2. The van der Waals surface area contributed by atoms with Crippen molar-refractivity contribution in [2.45, 2.75) is 18.4 Å². The molecule has 0 aliphatic carbocycles. The Morgan fingerprint density at radius 3 is 2.50 bits per heavy atom. The van der Waals surface area contributed by atoms with Crippen molar-refractivity contribution in [3.63, 3.8) is 0 Å². The van der Waals surface area contributed by atoms with Crippen molar-refractivity contribution < 1.29 is 18.3 Å². The molecule has 2 heterocycles. The normalized spacial score (nSPS) is 15.6. The third-order valence-corrected chi connectivity index (χ3v) is 6.97. The summed E-state index contributed by atoms with van der Waals surface area (Å²) in [6.07, 6.45) is 1.54. The van der Waals surface area contributed by atoms with Crippen molar-refractivity contribution in [1.29, 1.82) is 0 Å². The van der Waals surface area contributed by atoms with E-state index in [9.17, 15) is 23.1 Å². The number of rotatable bonds is 4. The van der Waals surface area contributed by atoms with Crippen LogP contribution < -0.4 is 5.56 Å². The van der Waals surface area contributed by atoms with Crippen LogP contribution in [0.5, 0.6) is 5.75 Å². The fourth-order valence-corrected chi connectivity index (χ4v) is 4.99. The first-order valence-electron chi connectivity index (χ1n) is 8.62. The second-order valence-electron chi connectivity index (χ2n) is 6.57. The van der Waals surface area contributed by atoms with E-state index in [1.807, 2.05) is 0 Å². The van der Waals surface area contributed by atoms with Crippen molar-refractivity contribution >= 4 is 31.9 Å². The van der Waals surface area contributed by atoms with Crippen molar-refractivity contribution in [2.24, 2.45) is 0 Å². The fraction of sp³-hybridized carbons (Fsp3) is 0.333. The minimum Gasteiger partial charge on any atom is -0.507 e. The number of phenolic OH excluding ortho intramolecular Hbond substituents is 1. The SMILES string of the molecule is Cc1ccc(O)c(S(=O)(=O)N2CCN(C(=O)Cn3cc(Br)ccc3=O)CC2)c1. The summed E-state index contributed by atoms with van der Waals surface area (Å²) in [5, 5.41) is 9.95. The Bertz CT molecular complexity index is 1060. The number of piperazine rings is 1. The molecule has 1 N–H and O–H groups in total. The van der Waals surface area contributed by atoms with E-state index in [1.165, 1.54) is 32.0 Å². The maximum atomic E-state index is 12.8. The molecule has 1 aliphatic rings. The van der Waals surface area contributed by atoms with Crippen LogP contribution in [0, 0.1) is 6.92 Å². The predicted molar refractivity (Wildman–Crippen MR) is 107 cm³/mol. The zero-order chi connectivity index (χ0) is 20.5. The van der Waals surface area contributed by atoms with E-state index in [0.29, 0.717) is 4.47 Å². The van der Waals surface area contributed by atoms with Crippen LogP contribution in [0.1, 0.15) is 5.56 Å². The van der Waals surface area contributed by atoms with Crippen molar-refractivity contribution in [3.8, 4) is 5.75 Å². The van der Waals surface area contributed by atoms with E-state index in [4.69, 9.17) is 0 Å². The first-order valence-corrected chi connectivity index (χ1v) is 10.9. The third kappa shape index (κ3) is 4.29. The lowest BCUT2D eigenvalue weighted by Gasteiger charge is -2.34. The van der Waals surface area contributed by atoms with Gasteiger partial charge in [-0.05, 0) is 46.6 Å². The molecule has 1 amide bonds. The first kappa shape index (κ1) is 20.6. The number of pyridine rings is 1. The van der Waals surface area contributed by atoms with Crippen molar-refractivity contribution in [3.05, 3.63) is 56.9 Å². The lowest BCUT2D eigenvalue weighted by atomic mass is 10.2. The number of carbonyl (C=O) groups excluding carboxylic acids is 1. The minimum atomic E-state index is -3.85. The number of amides is 1. The molecule has 0 unspecified atom stereocenters. The van der Waals surface area contributed by atoms with Gasteiger partial charge in [0.15, 0.2) is 0 Å². The number of carbonyl (C=O) groups is 1. The third-order valence-electron chi connectivity index (χ3n) is 4.58. The Balaban J connectivity index is 1.68. The second-order valence-corrected chi connectivity index (χ2v) is 9.39. The molecule has 10 heteroatoms. The molecule has 0 atom stereocenters. The molecule has 0 saturated carbocycles. The Morgan fingerprint density at radius 2 is 1.82 bits per heavy atom. The van der Waals surface area contributed by atoms with E-state index < -0.39 is 10.0 Å². The zero-order valence-corrected chi connectivity index (χ0v) is 17.6. The van der Waals surface area contributed by atoms with Gasteiger partial charge in [0.2, 0.25) is 15.9 Å². The minimum absolute atomic E-state index is 0.107. The van der Waals surface area contributed by atoms with Gasteiger partial charge in [0, 0.05) is 42.9 Å². The number of halogens is 1. The van der Waals surface area contributed by atoms with E-state index in [0.717, 1.165) is 5.56 Å². The summed E-state index contributed by atoms with van der Waals surface area (Å²) in [6.45, 7) is 2.31. The van der Waals surface area contributed by atoms with Crippen LogP contribution >= 0.6 is 15.9 Å². The summed E-state index contributed by atoms with van der Waals surface area (Å²) >= 11 is 3.27. The van der Waals surface area contributed by atoms with E-state index in [-0.39, 0.29) is 54.8 Å². The van der Waals surface area contributed by atoms with Gasteiger partial charge >= 0.3 is 0 Å². The van der Waals surface area contributed by atoms with Crippen LogP contribution in [0.15, 0.2) is 50.7 Å². The highest BCUT2D eigenvalue weighted by Gasteiger charge is 2.31. The highest BCUT2D eigenvalue weighted by atomic mass is 79.9. The molecular weight excluding hydrogens is 450 g/mol. The summed E-state index contributed by atoms with van der Waals surface area (Å²) < 4.78 is 28.9. The number of aryl methyl sites for hydroxylation is 1. The van der Waals surface area contributed by atoms with Gasteiger partial charge in [-0.2, -0.15) is 4.31 Å². The van der Waals surface area contributed by atoms with Gasteiger partial charge in [-0.15, -0.1) is 0 Å². The summed E-state index contributed by atoms with van der Waals surface area (Å²) in [5.41, 5.74) is 0.442. The lowest BCUT2D eigenvalue weighted by Crippen LogP contribution is -2.51. The van der Waals surface area contributed by atoms with Crippen LogP contribution in [0.3, 0.4) is 0 Å². The highest BCUT2D eigenvalue weighted by Crippen LogP contribution is 2.27. The van der Waals surface area contributed by atoms with Gasteiger partial charge in [-0.25, -0.2) is 8.42 Å². The molecule has 2 aromatic rings. The summed E-state index contributed by atoms with van der Waals surface area (Å²) in [6, 6.07) is 7.40. The number of hydrogen-bond donors (Lipinski definition) is 1. The van der Waals surface area contributed by atoms with Crippen molar-refractivity contribution in [1.82, 2.24) is 13.8 Å². The van der Waals surface area contributed by atoms with Crippen LogP contribution in [-0.4, -0.2) is 59.4 Å². The van der Waals surface area contributed by atoms with Gasteiger partial charge in [0.1, 0.15) is 17.2 Å². The van der Waals surface area contributed by atoms with Gasteiger partial charge in [-0.1, -0.05) is 6.07 Å². The monoisotopic (exact) mass is 469 g/mol. The van der Waals surface area contributed by atoms with Gasteiger partial charge in [0.25, 0.3) is 5.56 Å². The van der Waals surface area contributed by atoms with Crippen LogP contribution in [0.4, 0.5) is 0 Å².